The average molecular weight is 476 g/mol. The lowest BCUT2D eigenvalue weighted by Gasteiger charge is -2.41. The van der Waals surface area contributed by atoms with Gasteiger partial charge in [-0.2, -0.15) is 0 Å². The summed E-state index contributed by atoms with van der Waals surface area (Å²) in [5, 5.41) is 0.761. The fraction of sp³-hybridized carbons (Fsp3) is 0.346. The Morgan fingerprint density at radius 3 is 2.74 bits per heavy atom. The molecule has 1 aromatic carbocycles. The van der Waals surface area contributed by atoms with Crippen molar-refractivity contribution in [3.05, 3.63) is 87.2 Å². The van der Waals surface area contributed by atoms with Crippen LogP contribution in [0.1, 0.15) is 22.4 Å². The molecule has 0 amide bonds. The summed E-state index contributed by atoms with van der Waals surface area (Å²) in [7, 11) is 0. The Balaban J connectivity index is 1.19. The molecule has 6 nitrogen and oxygen atoms in total. The van der Waals surface area contributed by atoms with Gasteiger partial charge in [0.05, 0.1) is 18.3 Å². The minimum absolute atomic E-state index is 0.0193. The summed E-state index contributed by atoms with van der Waals surface area (Å²) in [6.45, 7) is 4.35. The van der Waals surface area contributed by atoms with Gasteiger partial charge in [-0.1, -0.05) is 18.2 Å². The molecule has 8 heteroatoms. The van der Waals surface area contributed by atoms with Crippen LogP contribution in [0.4, 0.5) is 10.2 Å². The summed E-state index contributed by atoms with van der Waals surface area (Å²) < 4.78 is 15.2. The Morgan fingerprint density at radius 2 is 1.94 bits per heavy atom. The molecule has 0 radical (unpaired) electrons. The lowest BCUT2D eigenvalue weighted by Crippen LogP contribution is -2.51. The maximum atomic E-state index is 13.6. The second kappa shape index (κ2) is 8.92. The summed E-state index contributed by atoms with van der Waals surface area (Å²) in [4.78, 5) is 29.5. The maximum Gasteiger partial charge on any atom is 0.262 e. The Kier molecular flexibility index (Phi) is 5.63. The molecule has 2 aliphatic rings. The normalized spacial score (nSPS) is 18.9. The average Bonchev–Trinajstić information content (AvgIpc) is 3.25. The van der Waals surface area contributed by atoms with Crippen molar-refractivity contribution in [2.45, 2.75) is 31.8 Å². The first kappa shape index (κ1) is 21.4. The Morgan fingerprint density at radius 1 is 1.06 bits per heavy atom. The van der Waals surface area contributed by atoms with Crippen molar-refractivity contribution >= 4 is 27.4 Å². The fourth-order valence-electron chi connectivity index (χ4n) is 5.30. The third-order valence-corrected chi connectivity index (χ3v) is 8.22. The van der Waals surface area contributed by atoms with E-state index in [-0.39, 0.29) is 11.4 Å². The number of pyridine rings is 1. The highest BCUT2D eigenvalue weighted by Crippen LogP contribution is 2.35. The largest absolute Gasteiger partial charge is 0.354 e. The SMILES string of the molecule is O=c1c2c3c(sc2ncn1Cc1cccc(F)c1)C[C@@H](N1CCN(c2ccccn2)CC1)CC3. The van der Waals surface area contributed by atoms with Crippen molar-refractivity contribution in [3.8, 4) is 0 Å². The molecule has 1 fully saturated rings. The van der Waals surface area contributed by atoms with Gasteiger partial charge in [0.25, 0.3) is 5.56 Å². The second-order valence-corrected chi connectivity index (χ2v) is 10.2. The fourth-order valence-corrected chi connectivity index (χ4v) is 6.55. The number of nitrogens with zero attached hydrogens (tertiary/aromatic N) is 5. The molecule has 0 N–H and O–H groups in total. The quantitative estimate of drug-likeness (QED) is 0.450. The number of halogens is 1. The van der Waals surface area contributed by atoms with Gasteiger partial charge in [-0.3, -0.25) is 14.3 Å². The molecule has 4 heterocycles. The molecule has 1 aliphatic heterocycles. The molecule has 0 unspecified atom stereocenters. The van der Waals surface area contributed by atoms with Gasteiger partial charge in [0.15, 0.2) is 0 Å². The summed E-state index contributed by atoms with van der Waals surface area (Å²) in [5.41, 5.74) is 1.92. The zero-order valence-corrected chi connectivity index (χ0v) is 19.7. The third kappa shape index (κ3) is 4.01. The van der Waals surface area contributed by atoms with Crippen LogP contribution in [0, 0.1) is 5.82 Å². The minimum atomic E-state index is -0.292. The van der Waals surface area contributed by atoms with Crippen LogP contribution in [-0.2, 0) is 19.4 Å². The molecular formula is C26H26FN5OS. The van der Waals surface area contributed by atoms with Gasteiger partial charge >= 0.3 is 0 Å². The van der Waals surface area contributed by atoms with E-state index in [1.807, 2.05) is 24.4 Å². The standard InChI is InChI=1S/C26H26FN5OS/c27-19-5-3-4-18(14-19)16-32-17-29-25-24(26(32)33)21-8-7-20(15-22(21)34-25)30-10-12-31(13-11-30)23-6-1-2-9-28-23/h1-6,9,14,17,20H,7-8,10-13,15-16H2/t20-/m0/s1. The van der Waals surface area contributed by atoms with Crippen molar-refractivity contribution in [1.82, 2.24) is 19.4 Å². The number of piperazine rings is 1. The number of rotatable bonds is 4. The summed E-state index contributed by atoms with van der Waals surface area (Å²) in [5.74, 6) is 0.762. The van der Waals surface area contributed by atoms with Crippen molar-refractivity contribution in [1.29, 1.82) is 0 Å². The first-order chi connectivity index (χ1) is 16.7. The molecule has 6 rings (SSSR count). The number of aromatic nitrogens is 3. The van der Waals surface area contributed by atoms with E-state index < -0.39 is 0 Å². The van der Waals surface area contributed by atoms with Crippen molar-refractivity contribution in [3.63, 3.8) is 0 Å². The first-order valence-corrected chi connectivity index (χ1v) is 12.6. The highest BCUT2D eigenvalue weighted by Gasteiger charge is 2.30. The van der Waals surface area contributed by atoms with Crippen LogP contribution in [-0.4, -0.2) is 51.7 Å². The second-order valence-electron chi connectivity index (χ2n) is 9.10. The number of aryl methyl sites for hydroxylation is 1. The molecule has 3 aromatic heterocycles. The van der Waals surface area contributed by atoms with E-state index >= 15 is 0 Å². The van der Waals surface area contributed by atoms with Crippen LogP contribution in [0.2, 0.25) is 0 Å². The van der Waals surface area contributed by atoms with Gasteiger partial charge in [0, 0.05) is 43.3 Å². The van der Waals surface area contributed by atoms with Gasteiger partial charge in [-0.25, -0.2) is 14.4 Å². The van der Waals surface area contributed by atoms with E-state index in [0.717, 1.165) is 67.0 Å². The van der Waals surface area contributed by atoms with Gasteiger partial charge in [-0.05, 0) is 54.7 Å². The Hall–Kier alpha value is -3.10. The smallest absolute Gasteiger partial charge is 0.262 e. The molecule has 0 spiro atoms. The molecule has 0 bridgehead atoms. The molecule has 0 saturated carbocycles. The summed E-state index contributed by atoms with van der Waals surface area (Å²) in [6.07, 6.45) is 6.39. The van der Waals surface area contributed by atoms with Crippen LogP contribution < -0.4 is 10.5 Å². The predicted octanol–water partition coefficient (Wildman–Crippen LogP) is 3.72. The number of hydrogen-bond acceptors (Lipinski definition) is 6. The lowest BCUT2D eigenvalue weighted by molar-refractivity contribution is 0.171. The number of fused-ring (bicyclic) bond motifs is 3. The summed E-state index contributed by atoms with van der Waals surface area (Å²) in [6, 6.07) is 13.0. The van der Waals surface area contributed by atoms with Gasteiger partial charge < -0.3 is 4.90 Å². The van der Waals surface area contributed by atoms with Crippen LogP contribution in [0.5, 0.6) is 0 Å². The highest BCUT2D eigenvalue weighted by atomic mass is 32.1. The maximum absolute atomic E-state index is 13.6. The topological polar surface area (TPSA) is 54.3 Å². The highest BCUT2D eigenvalue weighted by molar-refractivity contribution is 7.18. The number of anilines is 1. The Bertz CT molecular complexity index is 1380. The van der Waals surface area contributed by atoms with Crippen molar-refractivity contribution in [2.75, 3.05) is 31.1 Å². The van der Waals surface area contributed by atoms with Gasteiger partial charge in [0.1, 0.15) is 16.5 Å². The van der Waals surface area contributed by atoms with E-state index in [2.05, 4.69) is 25.8 Å². The first-order valence-electron chi connectivity index (χ1n) is 11.8. The minimum Gasteiger partial charge on any atom is -0.354 e. The zero-order valence-electron chi connectivity index (χ0n) is 18.9. The van der Waals surface area contributed by atoms with Crippen LogP contribution >= 0.6 is 11.3 Å². The number of thiophene rings is 1. The van der Waals surface area contributed by atoms with Gasteiger partial charge in [-0.15, -0.1) is 11.3 Å². The zero-order chi connectivity index (χ0) is 23.1. The molecular weight excluding hydrogens is 449 g/mol. The van der Waals surface area contributed by atoms with E-state index in [4.69, 9.17) is 0 Å². The Labute approximate surface area is 201 Å². The summed E-state index contributed by atoms with van der Waals surface area (Å²) >= 11 is 1.66. The molecule has 174 valence electrons. The van der Waals surface area contributed by atoms with Gasteiger partial charge in [0.2, 0.25) is 0 Å². The predicted molar refractivity (Wildman–Crippen MR) is 133 cm³/mol. The molecule has 1 aliphatic carbocycles. The van der Waals surface area contributed by atoms with Crippen molar-refractivity contribution in [2.24, 2.45) is 0 Å². The molecule has 1 atom stereocenters. The lowest BCUT2D eigenvalue weighted by atomic mass is 9.91. The third-order valence-electron chi connectivity index (χ3n) is 7.06. The van der Waals surface area contributed by atoms with Crippen molar-refractivity contribution < 1.29 is 4.39 Å². The van der Waals surface area contributed by atoms with E-state index in [9.17, 15) is 9.18 Å². The molecule has 34 heavy (non-hydrogen) atoms. The van der Waals surface area contributed by atoms with E-state index in [1.54, 1.807) is 28.3 Å². The van der Waals surface area contributed by atoms with Crippen LogP contribution in [0.15, 0.2) is 59.8 Å². The monoisotopic (exact) mass is 475 g/mol. The molecule has 1 saturated heterocycles. The molecule has 4 aromatic rings. The van der Waals surface area contributed by atoms with E-state index in [0.29, 0.717) is 12.6 Å². The number of benzene rings is 1. The van der Waals surface area contributed by atoms with E-state index in [1.165, 1.54) is 22.6 Å². The van der Waals surface area contributed by atoms with Crippen LogP contribution in [0.25, 0.3) is 10.2 Å². The number of hydrogen-bond donors (Lipinski definition) is 0. The van der Waals surface area contributed by atoms with Crippen LogP contribution in [0.3, 0.4) is 0 Å².